The minimum absolute atomic E-state index is 0.0914. The molecule has 3 aromatic carbocycles. The number of alkyl halides is 3. The lowest BCUT2D eigenvalue weighted by molar-refractivity contribution is -0.137. The number of piperidine rings is 1. The summed E-state index contributed by atoms with van der Waals surface area (Å²) < 4.78 is 39.1. The number of amides is 2. The maximum atomic E-state index is 13.5. The molecule has 0 atom stereocenters. The van der Waals surface area contributed by atoms with Gasteiger partial charge in [-0.2, -0.15) is 13.2 Å². The second-order valence-corrected chi connectivity index (χ2v) is 12.9. The number of carbonyl (C=O) groups excluding carboxylic acids is 2. The van der Waals surface area contributed by atoms with Gasteiger partial charge in [0.25, 0.3) is 11.8 Å². The Labute approximate surface area is 258 Å². The summed E-state index contributed by atoms with van der Waals surface area (Å²) in [6, 6.07) is 17.2. The lowest BCUT2D eigenvalue weighted by Crippen LogP contribution is -2.38. The number of likely N-dealkylation sites (tertiary alicyclic amines) is 1. The van der Waals surface area contributed by atoms with E-state index in [0.29, 0.717) is 53.9 Å². The van der Waals surface area contributed by atoms with Crippen LogP contribution < -0.4 is 5.32 Å². The maximum Gasteiger partial charge on any atom is 0.416 e. The molecule has 6 nitrogen and oxygen atoms in total. The highest BCUT2D eigenvalue weighted by molar-refractivity contribution is 7.09. The molecule has 0 bridgehead atoms. The first-order valence-corrected chi connectivity index (χ1v) is 15.3. The highest BCUT2D eigenvalue weighted by Gasteiger charge is 2.31. The summed E-state index contributed by atoms with van der Waals surface area (Å²) in [6.45, 7) is 7.42. The van der Waals surface area contributed by atoms with Crippen LogP contribution in [0.1, 0.15) is 82.1 Å². The molecule has 0 unspecified atom stereocenters. The van der Waals surface area contributed by atoms with Crippen LogP contribution in [0.25, 0.3) is 11.1 Å². The van der Waals surface area contributed by atoms with Gasteiger partial charge in [-0.3, -0.25) is 9.59 Å². The zero-order chi connectivity index (χ0) is 31.6. The van der Waals surface area contributed by atoms with E-state index in [2.05, 4.69) is 31.1 Å². The van der Waals surface area contributed by atoms with Crippen LogP contribution >= 0.6 is 11.3 Å². The van der Waals surface area contributed by atoms with Crippen molar-refractivity contribution in [1.82, 2.24) is 15.2 Å². The van der Waals surface area contributed by atoms with E-state index in [9.17, 15) is 27.9 Å². The molecule has 2 N–H and O–H groups in total. The highest BCUT2D eigenvalue weighted by atomic mass is 32.1. The van der Waals surface area contributed by atoms with Gasteiger partial charge in [-0.15, -0.1) is 11.3 Å². The smallest absolute Gasteiger partial charge is 0.416 e. The Hall–Kier alpha value is -4.18. The Bertz CT molecular complexity index is 1650. The number of nitrogens with zero attached hydrogens (tertiary/aromatic N) is 2. The zero-order valence-electron chi connectivity index (χ0n) is 24.7. The van der Waals surface area contributed by atoms with Crippen molar-refractivity contribution in [1.29, 1.82) is 0 Å². The molecule has 0 spiro atoms. The first kappa shape index (κ1) is 31.3. The number of hydrogen-bond acceptors (Lipinski definition) is 5. The maximum absolute atomic E-state index is 13.5. The quantitative estimate of drug-likeness (QED) is 0.230. The van der Waals surface area contributed by atoms with Crippen LogP contribution in [0.2, 0.25) is 0 Å². The third-order valence-electron chi connectivity index (χ3n) is 7.95. The summed E-state index contributed by atoms with van der Waals surface area (Å²) in [5, 5.41) is 15.7. The molecular weight excluding hydrogens is 587 g/mol. The summed E-state index contributed by atoms with van der Waals surface area (Å²) in [6.07, 6.45) is -3.07. The average Bonchev–Trinajstić information content (AvgIpc) is 3.50. The van der Waals surface area contributed by atoms with Crippen LogP contribution in [0, 0.1) is 0 Å². The number of aromatic hydroxyl groups is 1. The van der Waals surface area contributed by atoms with Crippen LogP contribution in [-0.2, 0) is 18.1 Å². The minimum Gasteiger partial charge on any atom is -0.508 e. The Morgan fingerprint density at radius 2 is 1.64 bits per heavy atom. The highest BCUT2D eigenvalue weighted by Crippen LogP contribution is 2.34. The fraction of sp³-hybridized carbons (Fsp3) is 0.324. The van der Waals surface area contributed by atoms with Gasteiger partial charge < -0.3 is 15.3 Å². The number of phenolic OH excluding ortho intramolecular Hbond substituents is 1. The normalized spacial score (nSPS) is 14.5. The lowest BCUT2D eigenvalue weighted by atomic mass is 9.86. The van der Waals surface area contributed by atoms with Crippen LogP contribution in [-0.4, -0.2) is 39.9 Å². The molecule has 0 radical (unpaired) electrons. The van der Waals surface area contributed by atoms with Gasteiger partial charge in [-0.05, 0) is 65.3 Å². The van der Waals surface area contributed by atoms with Crippen molar-refractivity contribution in [2.75, 3.05) is 13.1 Å². The van der Waals surface area contributed by atoms with E-state index in [4.69, 9.17) is 0 Å². The van der Waals surface area contributed by atoms with Crippen molar-refractivity contribution >= 4 is 23.2 Å². The van der Waals surface area contributed by atoms with Gasteiger partial charge in [0.2, 0.25) is 0 Å². The summed E-state index contributed by atoms with van der Waals surface area (Å²) in [5.41, 5.74) is 2.76. The summed E-state index contributed by atoms with van der Waals surface area (Å²) in [5.74, 6) is -0.263. The van der Waals surface area contributed by atoms with Crippen molar-refractivity contribution in [2.45, 2.75) is 57.7 Å². The Morgan fingerprint density at radius 3 is 2.30 bits per heavy atom. The largest absolute Gasteiger partial charge is 0.508 e. The van der Waals surface area contributed by atoms with E-state index in [1.807, 2.05) is 12.1 Å². The van der Waals surface area contributed by atoms with Crippen molar-refractivity contribution in [3.8, 4) is 16.9 Å². The van der Waals surface area contributed by atoms with Crippen molar-refractivity contribution in [3.63, 3.8) is 0 Å². The molecule has 4 aromatic rings. The van der Waals surface area contributed by atoms with Gasteiger partial charge in [-0.1, -0.05) is 57.2 Å². The Morgan fingerprint density at radius 1 is 0.977 bits per heavy atom. The third kappa shape index (κ3) is 6.96. The second-order valence-electron chi connectivity index (χ2n) is 12.0. The molecule has 1 aliphatic heterocycles. The second kappa shape index (κ2) is 12.4. The van der Waals surface area contributed by atoms with Gasteiger partial charge >= 0.3 is 6.18 Å². The van der Waals surface area contributed by atoms with Crippen LogP contribution in [0.3, 0.4) is 0 Å². The lowest BCUT2D eigenvalue weighted by Gasteiger charge is -2.31. The van der Waals surface area contributed by atoms with Crippen molar-refractivity contribution in [2.24, 2.45) is 0 Å². The van der Waals surface area contributed by atoms with Crippen molar-refractivity contribution in [3.05, 3.63) is 105 Å². The number of aromatic nitrogens is 1. The predicted octanol–water partition coefficient (Wildman–Crippen LogP) is 7.78. The SMILES string of the molecule is CC(C)(C)c1ccc(O)c(CNC(=O)c2csc(C3CCN(C(=O)c4ccccc4-c4ccc(C(F)(F)F)cc4)CC3)n2)c1. The van der Waals surface area contributed by atoms with E-state index in [0.717, 1.165) is 22.7 Å². The number of benzene rings is 3. The topological polar surface area (TPSA) is 82.5 Å². The van der Waals surface area contributed by atoms with E-state index in [-0.39, 0.29) is 35.4 Å². The fourth-order valence-corrected chi connectivity index (χ4v) is 6.27. The Balaban J connectivity index is 1.20. The number of carbonyl (C=O) groups is 2. The first-order valence-electron chi connectivity index (χ1n) is 14.4. The number of hydrogen-bond donors (Lipinski definition) is 2. The van der Waals surface area contributed by atoms with Crippen LogP contribution in [0.5, 0.6) is 5.75 Å². The summed E-state index contributed by atoms with van der Waals surface area (Å²) >= 11 is 1.42. The minimum atomic E-state index is -4.43. The standard InChI is InChI=1S/C34H34F3N3O3S/c1-33(2,3)25-12-13-29(41)23(18-25)19-38-30(42)28-20-44-31(39-28)22-14-16-40(17-15-22)32(43)27-7-5-4-6-26(27)21-8-10-24(11-9-21)34(35,36)37/h4-13,18,20,22,41H,14-17,19H2,1-3H3,(H,38,42). The van der Waals surface area contributed by atoms with Crippen LogP contribution in [0.15, 0.2) is 72.1 Å². The molecule has 1 aliphatic rings. The number of rotatable bonds is 6. The molecule has 0 saturated carbocycles. The molecule has 44 heavy (non-hydrogen) atoms. The fourth-order valence-electron chi connectivity index (χ4n) is 5.30. The van der Waals surface area contributed by atoms with Gasteiger partial charge in [0, 0.05) is 42.1 Å². The molecule has 1 aromatic heterocycles. The average molecular weight is 622 g/mol. The first-order chi connectivity index (χ1) is 20.8. The monoisotopic (exact) mass is 621 g/mol. The summed E-state index contributed by atoms with van der Waals surface area (Å²) in [7, 11) is 0. The summed E-state index contributed by atoms with van der Waals surface area (Å²) in [4.78, 5) is 32.7. The number of halogens is 3. The van der Waals surface area contributed by atoms with Crippen molar-refractivity contribution < 1.29 is 27.9 Å². The molecule has 10 heteroatoms. The molecule has 5 rings (SSSR count). The molecule has 2 amide bonds. The molecule has 0 aliphatic carbocycles. The molecule has 230 valence electrons. The van der Waals surface area contributed by atoms with Gasteiger partial charge in [0.1, 0.15) is 11.4 Å². The van der Waals surface area contributed by atoms with E-state index in [1.54, 1.807) is 40.6 Å². The Kier molecular flexibility index (Phi) is 8.83. The van der Waals surface area contributed by atoms with Gasteiger partial charge in [-0.25, -0.2) is 4.98 Å². The number of nitrogens with one attached hydrogen (secondary N) is 1. The molecule has 1 saturated heterocycles. The number of phenols is 1. The van der Waals surface area contributed by atoms with Gasteiger partial charge in [0.05, 0.1) is 10.6 Å². The molecular formula is C34H34F3N3O3S. The molecule has 1 fully saturated rings. The van der Waals surface area contributed by atoms with E-state index >= 15 is 0 Å². The van der Waals surface area contributed by atoms with Gasteiger partial charge in [0.15, 0.2) is 0 Å². The van der Waals surface area contributed by atoms with Crippen LogP contribution in [0.4, 0.5) is 13.2 Å². The third-order valence-corrected chi connectivity index (χ3v) is 8.96. The molecule has 2 heterocycles. The van der Waals surface area contributed by atoms with E-state index in [1.165, 1.54) is 23.5 Å². The zero-order valence-corrected chi connectivity index (χ0v) is 25.6. The predicted molar refractivity (Wildman–Crippen MR) is 165 cm³/mol. The number of thiazole rings is 1. The van der Waals surface area contributed by atoms with E-state index < -0.39 is 11.7 Å².